The molecule has 6 heteroatoms. The molecule has 0 saturated carbocycles. The molecule has 0 unspecified atom stereocenters. The highest BCUT2D eigenvalue weighted by Crippen LogP contribution is 2.29. The number of alkyl halides is 3. The lowest BCUT2D eigenvalue weighted by atomic mass is 10.0. The van der Waals surface area contributed by atoms with E-state index < -0.39 is 11.7 Å². The molecule has 0 aliphatic rings. The molecule has 0 saturated heterocycles. The number of aryl methyl sites for hydroxylation is 2. The molecule has 1 heterocycles. The molecule has 3 nitrogen and oxygen atoms in total. The predicted molar refractivity (Wildman–Crippen MR) is 80.3 cm³/mol. The number of carbonyl (C=O) groups is 1. The molecule has 23 heavy (non-hydrogen) atoms. The van der Waals surface area contributed by atoms with Crippen molar-refractivity contribution in [1.82, 2.24) is 5.32 Å². The Kier molecular flexibility index (Phi) is 4.82. The minimum absolute atomic E-state index is 0.214. The van der Waals surface area contributed by atoms with Crippen LogP contribution in [0.5, 0.6) is 0 Å². The van der Waals surface area contributed by atoms with Crippen LogP contribution in [0.15, 0.2) is 34.7 Å². The smallest absolute Gasteiger partial charge is 0.416 e. The fraction of sp³-hybridized carbons (Fsp3) is 0.353. The normalized spacial score (nSPS) is 13.0. The number of nitrogens with one attached hydrogen (secondary N) is 1. The van der Waals surface area contributed by atoms with E-state index in [4.69, 9.17) is 4.42 Å². The van der Waals surface area contributed by atoms with Gasteiger partial charge in [-0.05, 0) is 51.0 Å². The second-order valence-corrected chi connectivity index (χ2v) is 5.60. The van der Waals surface area contributed by atoms with Gasteiger partial charge in [0.05, 0.1) is 11.1 Å². The van der Waals surface area contributed by atoms with Gasteiger partial charge in [-0.2, -0.15) is 13.2 Å². The summed E-state index contributed by atoms with van der Waals surface area (Å²) in [6.07, 6.45) is -3.89. The third-order valence-corrected chi connectivity index (χ3v) is 3.49. The number of hydrogen-bond donors (Lipinski definition) is 1. The summed E-state index contributed by atoms with van der Waals surface area (Å²) in [5.41, 5.74) is 0.523. The Bertz CT molecular complexity index is 687. The topological polar surface area (TPSA) is 42.2 Å². The Morgan fingerprint density at radius 3 is 2.30 bits per heavy atom. The third kappa shape index (κ3) is 4.37. The fourth-order valence-electron chi connectivity index (χ4n) is 2.39. The van der Waals surface area contributed by atoms with E-state index in [0.717, 1.165) is 17.7 Å². The summed E-state index contributed by atoms with van der Waals surface area (Å²) in [6.45, 7) is 5.27. The zero-order valence-corrected chi connectivity index (χ0v) is 13.1. The highest BCUT2D eigenvalue weighted by atomic mass is 19.4. The number of halogens is 3. The van der Waals surface area contributed by atoms with Gasteiger partial charge in [-0.25, -0.2) is 0 Å². The molecule has 0 aliphatic heterocycles. The van der Waals surface area contributed by atoms with Crippen molar-refractivity contribution in [3.05, 3.63) is 58.5 Å². The van der Waals surface area contributed by atoms with Crippen LogP contribution in [0.1, 0.15) is 39.9 Å². The van der Waals surface area contributed by atoms with Gasteiger partial charge >= 0.3 is 6.18 Å². The summed E-state index contributed by atoms with van der Waals surface area (Å²) < 4.78 is 42.9. The second kappa shape index (κ2) is 6.48. The first kappa shape index (κ1) is 17.1. The molecule has 1 aromatic heterocycles. The van der Waals surface area contributed by atoms with Crippen molar-refractivity contribution in [2.75, 3.05) is 0 Å². The van der Waals surface area contributed by atoms with Crippen molar-refractivity contribution in [2.45, 2.75) is 39.4 Å². The van der Waals surface area contributed by atoms with Gasteiger partial charge in [0.2, 0.25) is 0 Å². The monoisotopic (exact) mass is 325 g/mol. The zero-order chi connectivity index (χ0) is 17.2. The zero-order valence-electron chi connectivity index (χ0n) is 13.1. The van der Waals surface area contributed by atoms with Crippen LogP contribution < -0.4 is 5.32 Å². The summed E-state index contributed by atoms with van der Waals surface area (Å²) in [6, 6.07) is 6.40. The van der Waals surface area contributed by atoms with E-state index in [1.807, 2.05) is 0 Å². The molecule has 0 spiro atoms. The van der Waals surface area contributed by atoms with Crippen LogP contribution in [-0.4, -0.2) is 11.9 Å². The van der Waals surface area contributed by atoms with E-state index >= 15 is 0 Å². The van der Waals surface area contributed by atoms with Crippen molar-refractivity contribution in [3.8, 4) is 0 Å². The van der Waals surface area contributed by atoms with Crippen LogP contribution in [0.4, 0.5) is 13.2 Å². The number of amides is 1. The van der Waals surface area contributed by atoms with Gasteiger partial charge in [0.25, 0.3) is 5.91 Å². The molecule has 0 bridgehead atoms. The van der Waals surface area contributed by atoms with Crippen molar-refractivity contribution >= 4 is 5.91 Å². The van der Waals surface area contributed by atoms with E-state index in [-0.39, 0.29) is 11.9 Å². The number of hydrogen-bond acceptors (Lipinski definition) is 2. The maximum absolute atomic E-state index is 12.5. The first-order valence-corrected chi connectivity index (χ1v) is 7.21. The Morgan fingerprint density at radius 1 is 1.22 bits per heavy atom. The first-order valence-electron chi connectivity index (χ1n) is 7.21. The predicted octanol–water partition coefficient (Wildman–Crippen LogP) is 4.28. The van der Waals surface area contributed by atoms with Crippen molar-refractivity contribution in [3.63, 3.8) is 0 Å². The van der Waals surface area contributed by atoms with Gasteiger partial charge in [0.1, 0.15) is 11.5 Å². The van der Waals surface area contributed by atoms with E-state index in [2.05, 4.69) is 5.32 Å². The number of rotatable bonds is 4. The Balaban J connectivity index is 1.98. The average Bonchev–Trinajstić information content (AvgIpc) is 2.77. The van der Waals surface area contributed by atoms with Gasteiger partial charge in [0, 0.05) is 6.04 Å². The number of furan rings is 1. The van der Waals surface area contributed by atoms with Crippen LogP contribution in [0.25, 0.3) is 0 Å². The van der Waals surface area contributed by atoms with Gasteiger partial charge < -0.3 is 9.73 Å². The van der Waals surface area contributed by atoms with Gasteiger partial charge in [-0.3, -0.25) is 4.79 Å². The van der Waals surface area contributed by atoms with Crippen molar-refractivity contribution in [1.29, 1.82) is 0 Å². The van der Waals surface area contributed by atoms with E-state index in [1.165, 1.54) is 12.1 Å². The standard InChI is InChI=1S/C17H18F3NO2/c1-10(21-16(22)15-9-11(2)23-12(15)3)8-13-4-6-14(7-5-13)17(18,19)20/h4-7,9-10H,8H2,1-3H3,(H,21,22)/t10-/m0/s1. The molecular weight excluding hydrogens is 307 g/mol. The molecule has 1 amide bonds. The summed E-state index contributed by atoms with van der Waals surface area (Å²) in [4.78, 5) is 12.1. The first-order chi connectivity index (χ1) is 10.7. The lowest BCUT2D eigenvalue weighted by molar-refractivity contribution is -0.137. The Labute approximate surface area is 132 Å². The van der Waals surface area contributed by atoms with Gasteiger partial charge in [-0.1, -0.05) is 12.1 Å². The highest BCUT2D eigenvalue weighted by Gasteiger charge is 2.30. The summed E-state index contributed by atoms with van der Waals surface area (Å²) in [5, 5.41) is 2.82. The molecule has 2 aromatic rings. The minimum atomic E-state index is -4.34. The van der Waals surface area contributed by atoms with Crippen LogP contribution in [0.3, 0.4) is 0 Å². The summed E-state index contributed by atoms with van der Waals surface area (Å²) >= 11 is 0. The van der Waals surface area contributed by atoms with Crippen LogP contribution in [-0.2, 0) is 12.6 Å². The van der Waals surface area contributed by atoms with Crippen LogP contribution >= 0.6 is 0 Å². The largest absolute Gasteiger partial charge is 0.466 e. The molecule has 2 rings (SSSR count). The average molecular weight is 325 g/mol. The maximum atomic E-state index is 12.5. The fourth-order valence-corrected chi connectivity index (χ4v) is 2.39. The second-order valence-electron chi connectivity index (χ2n) is 5.60. The van der Waals surface area contributed by atoms with E-state index in [9.17, 15) is 18.0 Å². The molecule has 1 atom stereocenters. The molecule has 1 aromatic carbocycles. The SMILES string of the molecule is Cc1cc(C(=O)N[C@@H](C)Cc2ccc(C(F)(F)F)cc2)c(C)o1. The third-order valence-electron chi connectivity index (χ3n) is 3.49. The van der Waals surface area contributed by atoms with Gasteiger partial charge in [0.15, 0.2) is 0 Å². The Morgan fingerprint density at radius 2 is 1.83 bits per heavy atom. The van der Waals surface area contributed by atoms with Crippen molar-refractivity contribution in [2.24, 2.45) is 0 Å². The Hall–Kier alpha value is -2.24. The lowest BCUT2D eigenvalue weighted by Gasteiger charge is -2.14. The molecule has 1 N–H and O–H groups in total. The molecule has 0 aliphatic carbocycles. The van der Waals surface area contributed by atoms with Crippen LogP contribution in [0, 0.1) is 13.8 Å². The highest BCUT2D eigenvalue weighted by molar-refractivity contribution is 5.95. The van der Waals surface area contributed by atoms with E-state index in [0.29, 0.717) is 23.5 Å². The maximum Gasteiger partial charge on any atom is 0.416 e. The number of benzene rings is 1. The van der Waals surface area contributed by atoms with Crippen molar-refractivity contribution < 1.29 is 22.4 Å². The summed E-state index contributed by atoms with van der Waals surface area (Å²) in [7, 11) is 0. The minimum Gasteiger partial charge on any atom is -0.466 e. The molecule has 0 fully saturated rings. The molecule has 124 valence electrons. The summed E-state index contributed by atoms with van der Waals surface area (Å²) in [5.74, 6) is 0.948. The molecular formula is C17H18F3NO2. The quantitative estimate of drug-likeness (QED) is 0.912. The van der Waals surface area contributed by atoms with Crippen LogP contribution in [0.2, 0.25) is 0 Å². The number of carbonyl (C=O) groups excluding carboxylic acids is 1. The molecule has 0 radical (unpaired) electrons. The lowest BCUT2D eigenvalue weighted by Crippen LogP contribution is -2.34. The van der Waals surface area contributed by atoms with E-state index in [1.54, 1.807) is 26.8 Å². The van der Waals surface area contributed by atoms with Gasteiger partial charge in [-0.15, -0.1) is 0 Å².